The van der Waals surface area contributed by atoms with Crippen molar-refractivity contribution in [3.05, 3.63) is 48.5 Å². The van der Waals surface area contributed by atoms with Crippen LogP contribution in [0.5, 0.6) is 5.75 Å². The second kappa shape index (κ2) is 7.59. The summed E-state index contributed by atoms with van der Waals surface area (Å²) in [7, 11) is 1.64. The monoisotopic (exact) mass is 390 g/mol. The molecule has 7 heteroatoms. The lowest BCUT2D eigenvalue weighted by Crippen LogP contribution is -2.43. The van der Waals surface area contributed by atoms with Gasteiger partial charge in [-0.1, -0.05) is 30.3 Å². The van der Waals surface area contributed by atoms with Gasteiger partial charge >= 0.3 is 0 Å². The SMILES string of the molecule is COc1ccccc1-c1cccc(S(=O)(=O)N2CCC(O)(CN(C)C)C2)c1. The van der Waals surface area contributed by atoms with E-state index in [1.165, 1.54) is 4.31 Å². The van der Waals surface area contributed by atoms with Crippen LogP contribution in [0.25, 0.3) is 11.1 Å². The lowest BCUT2D eigenvalue weighted by Gasteiger charge is -2.26. The Balaban J connectivity index is 1.91. The number of para-hydroxylation sites is 1. The van der Waals surface area contributed by atoms with Crippen LogP contribution in [0.4, 0.5) is 0 Å². The molecular formula is C20H26N2O4S. The fourth-order valence-electron chi connectivity index (χ4n) is 3.60. The second-order valence-electron chi connectivity index (χ2n) is 7.28. The molecule has 1 saturated heterocycles. The predicted octanol–water partition coefficient (Wildman–Crippen LogP) is 2.05. The van der Waals surface area contributed by atoms with Crippen LogP contribution >= 0.6 is 0 Å². The standard InChI is InChI=1S/C20H26N2O4S/c1-21(2)14-20(23)11-12-22(15-20)27(24,25)17-8-6-7-16(13-17)18-9-4-5-10-19(18)26-3/h4-10,13,23H,11-12,14-15H2,1-3H3. The highest BCUT2D eigenvalue weighted by atomic mass is 32.2. The first-order valence-corrected chi connectivity index (χ1v) is 10.3. The predicted molar refractivity (Wildman–Crippen MR) is 105 cm³/mol. The maximum Gasteiger partial charge on any atom is 0.243 e. The summed E-state index contributed by atoms with van der Waals surface area (Å²) < 4.78 is 33.0. The van der Waals surface area contributed by atoms with E-state index in [9.17, 15) is 13.5 Å². The van der Waals surface area contributed by atoms with Gasteiger partial charge in [0.1, 0.15) is 5.75 Å². The number of hydrogen-bond acceptors (Lipinski definition) is 5. The number of ether oxygens (including phenoxy) is 1. The van der Waals surface area contributed by atoms with E-state index in [0.29, 0.717) is 25.3 Å². The van der Waals surface area contributed by atoms with Crippen molar-refractivity contribution < 1.29 is 18.3 Å². The number of nitrogens with zero attached hydrogens (tertiary/aromatic N) is 2. The molecule has 3 rings (SSSR count). The summed E-state index contributed by atoms with van der Waals surface area (Å²) in [5.74, 6) is 0.688. The van der Waals surface area contributed by atoms with E-state index >= 15 is 0 Å². The van der Waals surface area contributed by atoms with Crippen molar-refractivity contribution in [3.63, 3.8) is 0 Å². The number of aliphatic hydroxyl groups is 1. The number of benzene rings is 2. The van der Waals surface area contributed by atoms with E-state index in [-0.39, 0.29) is 11.4 Å². The Morgan fingerprint density at radius 3 is 2.63 bits per heavy atom. The number of sulfonamides is 1. The van der Waals surface area contributed by atoms with Gasteiger partial charge in [0.2, 0.25) is 10.0 Å². The fourth-order valence-corrected chi connectivity index (χ4v) is 5.16. The van der Waals surface area contributed by atoms with Crippen LogP contribution in [0.3, 0.4) is 0 Å². The summed E-state index contributed by atoms with van der Waals surface area (Å²) in [5, 5.41) is 10.7. The molecule has 1 heterocycles. The summed E-state index contributed by atoms with van der Waals surface area (Å²) in [6.45, 7) is 0.845. The highest BCUT2D eigenvalue weighted by molar-refractivity contribution is 7.89. The molecule has 0 aromatic heterocycles. The van der Waals surface area contributed by atoms with Crippen LogP contribution in [0.2, 0.25) is 0 Å². The smallest absolute Gasteiger partial charge is 0.243 e. The van der Waals surface area contributed by atoms with E-state index in [4.69, 9.17) is 4.74 Å². The quantitative estimate of drug-likeness (QED) is 0.818. The van der Waals surface area contributed by atoms with Gasteiger partial charge in [0.15, 0.2) is 0 Å². The number of methoxy groups -OCH3 is 1. The zero-order chi connectivity index (χ0) is 19.7. The van der Waals surface area contributed by atoms with Crippen LogP contribution in [0.1, 0.15) is 6.42 Å². The van der Waals surface area contributed by atoms with Gasteiger partial charge in [-0.3, -0.25) is 0 Å². The topological polar surface area (TPSA) is 70.1 Å². The van der Waals surface area contributed by atoms with Crippen molar-refractivity contribution >= 4 is 10.0 Å². The average molecular weight is 391 g/mol. The summed E-state index contributed by atoms with van der Waals surface area (Å²) in [4.78, 5) is 2.10. The fraction of sp³-hybridized carbons (Fsp3) is 0.400. The third kappa shape index (κ3) is 4.16. The molecule has 1 N–H and O–H groups in total. The molecule has 1 unspecified atom stereocenters. The molecule has 2 aromatic rings. The van der Waals surface area contributed by atoms with Crippen LogP contribution in [-0.4, -0.2) is 69.2 Å². The van der Waals surface area contributed by atoms with Gasteiger partial charge in [-0.25, -0.2) is 8.42 Å². The number of rotatable bonds is 6. The minimum absolute atomic E-state index is 0.104. The van der Waals surface area contributed by atoms with Gasteiger partial charge < -0.3 is 14.7 Å². The summed E-state index contributed by atoms with van der Waals surface area (Å²) in [5.41, 5.74) is 0.593. The molecular weight excluding hydrogens is 364 g/mol. The van der Waals surface area contributed by atoms with E-state index in [0.717, 1.165) is 11.1 Å². The molecule has 1 aliphatic rings. The van der Waals surface area contributed by atoms with Gasteiger partial charge in [-0.15, -0.1) is 0 Å². The molecule has 0 radical (unpaired) electrons. The normalized spacial score (nSPS) is 20.9. The maximum atomic E-state index is 13.1. The first-order valence-electron chi connectivity index (χ1n) is 8.86. The third-order valence-electron chi connectivity index (χ3n) is 4.80. The largest absolute Gasteiger partial charge is 0.496 e. The number of hydrogen-bond donors (Lipinski definition) is 1. The first-order chi connectivity index (χ1) is 12.7. The van der Waals surface area contributed by atoms with Gasteiger partial charge in [0.05, 0.1) is 17.6 Å². The Morgan fingerprint density at radius 1 is 1.19 bits per heavy atom. The summed E-state index contributed by atoms with van der Waals surface area (Å²) >= 11 is 0. The Labute approximate surface area is 161 Å². The van der Waals surface area contributed by atoms with E-state index < -0.39 is 15.6 Å². The highest BCUT2D eigenvalue weighted by Gasteiger charge is 2.42. The van der Waals surface area contributed by atoms with E-state index in [1.54, 1.807) is 25.3 Å². The van der Waals surface area contributed by atoms with Crippen LogP contribution in [0, 0.1) is 0 Å². The van der Waals surface area contributed by atoms with Crippen molar-refractivity contribution in [3.8, 4) is 16.9 Å². The molecule has 1 fully saturated rings. The third-order valence-corrected chi connectivity index (χ3v) is 6.64. The molecule has 27 heavy (non-hydrogen) atoms. The Morgan fingerprint density at radius 2 is 1.93 bits per heavy atom. The van der Waals surface area contributed by atoms with Crippen molar-refractivity contribution in [2.45, 2.75) is 16.9 Å². The maximum absolute atomic E-state index is 13.1. The van der Waals surface area contributed by atoms with Crippen LogP contribution in [0.15, 0.2) is 53.4 Å². The Bertz CT molecular complexity index is 914. The lowest BCUT2D eigenvalue weighted by molar-refractivity contribution is 0.0302. The molecule has 0 aliphatic carbocycles. The van der Waals surface area contributed by atoms with Gasteiger partial charge in [0.25, 0.3) is 0 Å². The van der Waals surface area contributed by atoms with Gasteiger partial charge in [-0.05, 0) is 44.3 Å². The minimum atomic E-state index is -3.68. The van der Waals surface area contributed by atoms with Crippen molar-refractivity contribution in [2.75, 3.05) is 40.8 Å². The molecule has 0 saturated carbocycles. The summed E-state index contributed by atoms with van der Waals surface area (Å²) in [6.07, 6.45) is 0.427. The lowest BCUT2D eigenvalue weighted by atomic mass is 10.0. The molecule has 0 amide bonds. The van der Waals surface area contributed by atoms with Gasteiger partial charge in [-0.2, -0.15) is 4.31 Å². The average Bonchev–Trinajstić information content (AvgIpc) is 3.03. The molecule has 6 nitrogen and oxygen atoms in total. The minimum Gasteiger partial charge on any atom is -0.496 e. The zero-order valence-corrected chi connectivity index (χ0v) is 16.7. The molecule has 146 valence electrons. The molecule has 1 aliphatic heterocycles. The number of likely N-dealkylation sites (N-methyl/N-ethyl adjacent to an activating group) is 1. The summed E-state index contributed by atoms with van der Waals surface area (Å²) in [6, 6.07) is 14.4. The van der Waals surface area contributed by atoms with Crippen LogP contribution in [-0.2, 0) is 10.0 Å². The van der Waals surface area contributed by atoms with E-state index in [2.05, 4.69) is 0 Å². The zero-order valence-electron chi connectivity index (χ0n) is 15.9. The Kier molecular flexibility index (Phi) is 5.58. The molecule has 0 spiro atoms. The first kappa shape index (κ1) is 19.8. The number of β-amino-alcohol motifs (C(OH)–C–C–N with tert-alkyl or cyclic N) is 1. The second-order valence-corrected chi connectivity index (χ2v) is 9.22. The molecule has 0 bridgehead atoms. The van der Waals surface area contributed by atoms with Crippen molar-refractivity contribution in [1.82, 2.24) is 9.21 Å². The Hall–Kier alpha value is -1.93. The van der Waals surface area contributed by atoms with E-state index in [1.807, 2.05) is 49.3 Å². The van der Waals surface area contributed by atoms with Crippen molar-refractivity contribution in [1.29, 1.82) is 0 Å². The van der Waals surface area contributed by atoms with Crippen LogP contribution < -0.4 is 4.74 Å². The molecule has 2 aromatic carbocycles. The molecule has 1 atom stereocenters. The van der Waals surface area contributed by atoms with Gasteiger partial charge in [0, 0.05) is 25.2 Å². The van der Waals surface area contributed by atoms with Crippen molar-refractivity contribution in [2.24, 2.45) is 0 Å². The highest BCUT2D eigenvalue weighted by Crippen LogP contribution is 2.33.